The van der Waals surface area contributed by atoms with Gasteiger partial charge in [-0.3, -0.25) is 9.88 Å². The molecule has 0 spiro atoms. The third kappa shape index (κ3) is 4.30. The molecule has 22 heavy (non-hydrogen) atoms. The summed E-state index contributed by atoms with van der Waals surface area (Å²) < 4.78 is 0. The topological polar surface area (TPSA) is 65.5 Å². The van der Waals surface area contributed by atoms with Gasteiger partial charge in [-0.25, -0.2) is 4.79 Å². The molecule has 0 saturated heterocycles. The Morgan fingerprint density at radius 1 is 1.27 bits per heavy atom. The Balaban J connectivity index is 2.26. The lowest BCUT2D eigenvalue weighted by Gasteiger charge is -2.23. The van der Waals surface area contributed by atoms with Crippen LogP contribution in [0.4, 0.5) is 10.5 Å². The highest BCUT2D eigenvalue weighted by atomic mass is 16.4. The highest BCUT2D eigenvalue weighted by molar-refractivity contribution is 5.87. The van der Waals surface area contributed by atoms with Crippen LogP contribution < -0.4 is 10.2 Å². The van der Waals surface area contributed by atoms with Crippen molar-refractivity contribution >= 4 is 11.8 Å². The minimum atomic E-state index is -0.971. The number of pyridine rings is 1. The second kappa shape index (κ2) is 7.56. The van der Waals surface area contributed by atoms with Gasteiger partial charge >= 0.3 is 6.09 Å². The maximum atomic E-state index is 11.7. The quantitative estimate of drug-likeness (QED) is 0.859. The Labute approximate surface area is 130 Å². The van der Waals surface area contributed by atoms with Crippen LogP contribution in [0.5, 0.6) is 0 Å². The summed E-state index contributed by atoms with van der Waals surface area (Å²) in [6.45, 7) is 5.03. The van der Waals surface area contributed by atoms with E-state index in [4.69, 9.17) is 0 Å². The molecule has 1 aromatic carbocycles. The molecule has 0 unspecified atom stereocenters. The van der Waals surface area contributed by atoms with Gasteiger partial charge in [0.05, 0.1) is 12.2 Å². The fourth-order valence-corrected chi connectivity index (χ4v) is 2.17. The number of nitrogens with one attached hydrogen (secondary N) is 1. The number of nitrogens with zero attached hydrogens (tertiary/aromatic N) is 2. The Morgan fingerprint density at radius 3 is 2.68 bits per heavy atom. The summed E-state index contributed by atoms with van der Waals surface area (Å²) >= 11 is 0. The van der Waals surface area contributed by atoms with E-state index in [9.17, 15) is 9.90 Å². The van der Waals surface area contributed by atoms with Crippen molar-refractivity contribution in [2.45, 2.75) is 33.0 Å². The van der Waals surface area contributed by atoms with Crippen LogP contribution >= 0.6 is 0 Å². The average Bonchev–Trinajstić information content (AvgIpc) is 2.52. The molecule has 0 atom stereocenters. The average molecular weight is 299 g/mol. The molecule has 0 bridgehead atoms. The van der Waals surface area contributed by atoms with Gasteiger partial charge in [-0.15, -0.1) is 0 Å². The molecular formula is C17H21N3O2. The highest BCUT2D eigenvalue weighted by Gasteiger charge is 2.18. The zero-order valence-corrected chi connectivity index (χ0v) is 12.9. The molecule has 2 N–H and O–H groups in total. The SMILES string of the molecule is CC(C)NCc1ccccc1N(Cc1cccnc1)C(=O)O. The first-order chi connectivity index (χ1) is 10.6. The van der Waals surface area contributed by atoms with E-state index in [0.29, 0.717) is 18.3 Å². The van der Waals surface area contributed by atoms with Crippen LogP contribution in [0.25, 0.3) is 0 Å². The van der Waals surface area contributed by atoms with Gasteiger partial charge in [-0.2, -0.15) is 0 Å². The maximum Gasteiger partial charge on any atom is 0.412 e. The molecule has 116 valence electrons. The van der Waals surface area contributed by atoms with Crippen molar-refractivity contribution in [1.29, 1.82) is 0 Å². The number of hydrogen-bond acceptors (Lipinski definition) is 3. The van der Waals surface area contributed by atoms with Crippen molar-refractivity contribution in [2.75, 3.05) is 4.90 Å². The second-order valence-electron chi connectivity index (χ2n) is 5.39. The van der Waals surface area contributed by atoms with Gasteiger partial charge in [-0.05, 0) is 23.3 Å². The Bertz CT molecular complexity index is 614. The lowest BCUT2D eigenvalue weighted by Crippen LogP contribution is -2.31. The summed E-state index contributed by atoms with van der Waals surface area (Å²) in [6, 6.07) is 11.6. The molecule has 1 amide bonds. The number of rotatable bonds is 6. The number of amides is 1. The van der Waals surface area contributed by atoms with E-state index in [2.05, 4.69) is 24.1 Å². The zero-order chi connectivity index (χ0) is 15.9. The molecule has 0 saturated carbocycles. The van der Waals surface area contributed by atoms with Gasteiger partial charge < -0.3 is 10.4 Å². The first-order valence-electron chi connectivity index (χ1n) is 7.28. The maximum absolute atomic E-state index is 11.7. The molecule has 2 rings (SSSR count). The lowest BCUT2D eigenvalue weighted by molar-refractivity contribution is 0.201. The summed E-state index contributed by atoms with van der Waals surface area (Å²) in [5, 5.41) is 12.9. The molecule has 0 aliphatic carbocycles. The van der Waals surface area contributed by atoms with Crippen LogP contribution in [0.2, 0.25) is 0 Å². The normalized spacial score (nSPS) is 10.7. The fraction of sp³-hybridized carbons (Fsp3) is 0.294. The van der Waals surface area contributed by atoms with Crippen LogP contribution in [0.1, 0.15) is 25.0 Å². The third-order valence-corrected chi connectivity index (χ3v) is 3.28. The number of carbonyl (C=O) groups is 1. The summed E-state index contributed by atoms with van der Waals surface area (Å²) in [5.41, 5.74) is 2.52. The zero-order valence-electron chi connectivity index (χ0n) is 12.9. The van der Waals surface area contributed by atoms with Crippen LogP contribution in [-0.4, -0.2) is 22.2 Å². The number of hydrogen-bond donors (Lipinski definition) is 2. The van der Waals surface area contributed by atoms with Gasteiger partial charge in [0.25, 0.3) is 0 Å². The molecule has 1 aromatic heterocycles. The van der Waals surface area contributed by atoms with Gasteiger partial charge in [0, 0.05) is 25.0 Å². The van der Waals surface area contributed by atoms with E-state index >= 15 is 0 Å². The first-order valence-corrected chi connectivity index (χ1v) is 7.28. The van der Waals surface area contributed by atoms with E-state index in [-0.39, 0.29) is 6.54 Å². The van der Waals surface area contributed by atoms with E-state index in [1.54, 1.807) is 12.4 Å². The Morgan fingerprint density at radius 2 is 2.05 bits per heavy atom. The monoisotopic (exact) mass is 299 g/mol. The molecule has 0 aliphatic heterocycles. The molecule has 0 fully saturated rings. The summed E-state index contributed by atoms with van der Waals surface area (Å²) in [6.07, 6.45) is 2.39. The molecule has 1 heterocycles. The van der Waals surface area contributed by atoms with Crippen molar-refractivity contribution in [3.63, 3.8) is 0 Å². The summed E-state index contributed by atoms with van der Waals surface area (Å²) in [5.74, 6) is 0. The van der Waals surface area contributed by atoms with Crippen molar-refractivity contribution < 1.29 is 9.90 Å². The van der Waals surface area contributed by atoms with Crippen molar-refractivity contribution in [3.05, 3.63) is 59.9 Å². The van der Waals surface area contributed by atoms with E-state index in [1.165, 1.54) is 4.90 Å². The smallest absolute Gasteiger partial charge is 0.412 e. The fourth-order valence-electron chi connectivity index (χ4n) is 2.17. The molecule has 5 nitrogen and oxygen atoms in total. The van der Waals surface area contributed by atoms with Crippen molar-refractivity contribution in [2.24, 2.45) is 0 Å². The minimum absolute atomic E-state index is 0.280. The van der Waals surface area contributed by atoms with Crippen LogP contribution in [0.15, 0.2) is 48.8 Å². The van der Waals surface area contributed by atoms with E-state index in [1.807, 2.05) is 36.4 Å². The van der Waals surface area contributed by atoms with Gasteiger partial charge in [-0.1, -0.05) is 38.1 Å². The van der Waals surface area contributed by atoms with Gasteiger partial charge in [0.1, 0.15) is 0 Å². The number of aromatic nitrogens is 1. The summed E-state index contributed by atoms with van der Waals surface area (Å²) in [4.78, 5) is 17.1. The van der Waals surface area contributed by atoms with E-state index < -0.39 is 6.09 Å². The number of para-hydroxylation sites is 1. The molecule has 2 aromatic rings. The predicted molar refractivity (Wildman–Crippen MR) is 86.9 cm³/mol. The largest absolute Gasteiger partial charge is 0.465 e. The van der Waals surface area contributed by atoms with Gasteiger partial charge in [0.15, 0.2) is 0 Å². The lowest BCUT2D eigenvalue weighted by atomic mass is 10.1. The first kappa shape index (κ1) is 16.0. The Kier molecular flexibility index (Phi) is 5.49. The van der Waals surface area contributed by atoms with Crippen LogP contribution in [0.3, 0.4) is 0 Å². The standard InChI is InChI=1S/C17H21N3O2/c1-13(2)19-11-15-7-3-4-8-16(15)20(17(21)22)12-14-6-5-9-18-10-14/h3-10,13,19H,11-12H2,1-2H3,(H,21,22). The number of carboxylic acid groups (broad SMARTS) is 1. The number of benzene rings is 1. The molecule has 5 heteroatoms. The van der Waals surface area contributed by atoms with Gasteiger partial charge in [0.2, 0.25) is 0 Å². The van der Waals surface area contributed by atoms with Crippen molar-refractivity contribution in [1.82, 2.24) is 10.3 Å². The predicted octanol–water partition coefficient (Wildman–Crippen LogP) is 3.26. The minimum Gasteiger partial charge on any atom is -0.465 e. The van der Waals surface area contributed by atoms with Crippen LogP contribution in [-0.2, 0) is 13.1 Å². The third-order valence-electron chi connectivity index (χ3n) is 3.28. The van der Waals surface area contributed by atoms with Crippen LogP contribution in [0, 0.1) is 0 Å². The van der Waals surface area contributed by atoms with Crippen molar-refractivity contribution in [3.8, 4) is 0 Å². The number of anilines is 1. The van der Waals surface area contributed by atoms with E-state index in [0.717, 1.165) is 11.1 Å². The molecule has 0 aliphatic rings. The highest BCUT2D eigenvalue weighted by Crippen LogP contribution is 2.22. The molecular weight excluding hydrogens is 278 g/mol. The molecule has 0 radical (unpaired) electrons. The Hall–Kier alpha value is -2.40. The summed E-state index contributed by atoms with van der Waals surface area (Å²) in [7, 11) is 0. The second-order valence-corrected chi connectivity index (χ2v) is 5.39.